The van der Waals surface area contributed by atoms with E-state index < -0.39 is 6.09 Å². The van der Waals surface area contributed by atoms with Crippen LogP contribution < -0.4 is 11.1 Å². The van der Waals surface area contributed by atoms with Crippen LogP contribution in [-0.2, 0) is 0 Å². The lowest BCUT2D eigenvalue weighted by Crippen LogP contribution is -2.09. The number of pyridine rings is 1. The molecule has 0 bridgehead atoms. The third-order valence-electron chi connectivity index (χ3n) is 2.31. The number of rotatable bonds is 2. The zero-order valence-electron chi connectivity index (χ0n) is 8.92. The largest absolute Gasteiger partial charge is 0.465 e. The summed E-state index contributed by atoms with van der Waals surface area (Å²) >= 11 is 0. The highest BCUT2D eigenvalue weighted by atomic mass is 16.4. The number of hydrogen-bond acceptors (Lipinski definition) is 3. The molecule has 0 atom stereocenters. The van der Waals surface area contributed by atoms with Crippen molar-refractivity contribution in [1.82, 2.24) is 4.98 Å². The van der Waals surface area contributed by atoms with Gasteiger partial charge in [-0.2, -0.15) is 0 Å². The second-order valence-electron chi connectivity index (χ2n) is 3.47. The monoisotopic (exact) mass is 229 g/mol. The second kappa shape index (κ2) is 4.52. The third-order valence-corrected chi connectivity index (χ3v) is 2.31. The lowest BCUT2D eigenvalue weighted by molar-refractivity contribution is 0.210. The average Bonchev–Trinajstić information content (AvgIpc) is 2.32. The second-order valence-corrected chi connectivity index (χ2v) is 3.47. The number of benzene rings is 1. The van der Waals surface area contributed by atoms with Crippen LogP contribution in [0.15, 0.2) is 42.7 Å². The minimum atomic E-state index is -1.13. The number of nitrogens with one attached hydrogen (secondary N) is 1. The lowest BCUT2D eigenvalue weighted by atomic mass is 10.1. The first kappa shape index (κ1) is 10.9. The Kier molecular flexibility index (Phi) is 2.91. The minimum absolute atomic E-state index is 0.385. The van der Waals surface area contributed by atoms with Crippen LogP contribution in [0.25, 0.3) is 11.1 Å². The number of anilines is 2. The number of nitrogens with zero attached hydrogens (tertiary/aromatic N) is 1. The first-order valence-electron chi connectivity index (χ1n) is 4.96. The van der Waals surface area contributed by atoms with Gasteiger partial charge in [0.1, 0.15) is 0 Å². The van der Waals surface area contributed by atoms with Gasteiger partial charge in [0, 0.05) is 12.4 Å². The van der Waals surface area contributed by atoms with E-state index in [9.17, 15) is 4.79 Å². The van der Waals surface area contributed by atoms with Crippen LogP contribution in [0.1, 0.15) is 0 Å². The molecule has 1 heterocycles. The highest BCUT2D eigenvalue weighted by molar-refractivity contribution is 5.89. The summed E-state index contributed by atoms with van der Waals surface area (Å²) < 4.78 is 0. The van der Waals surface area contributed by atoms with Gasteiger partial charge in [0.15, 0.2) is 0 Å². The quantitative estimate of drug-likeness (QED) is 0.690. The smallest absolute Gasteiger partial charge is 0.409 e. The Morgan fingerprint density at radius 3 is 2.47 bits per heavy atom. The van der Waals surface area contributed by atoms with Gasteiger partial charge < -0.3 is 10.8 Å². The summed E-state index contributed by atoms with van der Waals surface area (Å²) in [6.45, 7) is 0. The Balaban J connectivity index is 2.34. The van der Waals surface area contributed by atoms with Gasteiger partial charge in [-0.1, -0.05) is 6.07 Å². The Morgan fingerprint density at radius 2 is 1.88 bits per heavy atom. The zero-order valence-corrected chi connectivity index (χ0v) is 8.92. The lowest BCUT2D eigenvalue weighted by Gasteiger charge is -2.07. The number of nitrogens with two attached hydrogens (primary N) is 1. The van der Waals surface area contributed by atoms with Gasteiger partial charge in [-0.25, -0.2) is 4.79 Å². The predicted molar refractivity (Wildman–Crippen MR) is 65.7 cm³/mol. The molecule has 0 radical (unpaired) electrons. The molecule has 1 aromatic heterocycles. The van der Waals surface area contributed by atoms with Crippen LogP contribution in [0.4, 0.5) is 16.2 Å². The molecule has 4 N–H and O–H groups in total. The zero-order chi connectivity index (χ0) is 12.3. The molecule has 0 unspecified atom stereocenters. The maximum absolute atomic E-state index is 10.5. The summed E-state index contributed by atoms with van der Waals surface area (Å²) in [5.41, 5.74) is 8.44. The Hall–Kier alpha value is -2.56. The maximum atomic E-state index is 10.5. The minimum Gasteiger partial charge on any atom is -0.465 e. The molecular formula is C12H11N3O2. The number of aromatic nitrogens is 1. The van der Waals surface area contributed by atoms with E-state index in [1.54, 1.807) is 30.6 Å². The molecule has 0 saturated carbocycles. The average molecular weight is 229 g/mol. The molecule has 2 aromatic rings. The van der Waals surface area contributed by atoms with Gasteiger partial charge in [0.05, 0.1) is 11.4 Å². The normalized spacial score (nSPS) is 9.88. The first-order valence-corrected chi connectivity index (χ1v) is 4.96. The standard InChI is InChI=1S/C12H11N3O2/c13-10-7-9(8-3-5-14-6-4-8)1-2-11(10)15-12(16)17/h1-7,15H,13H2,(H,16,17). The van der Waals surface area contributed by atoms with E-state index in [0.717, 1.165) is 11.1 Å². The van der Waals surface area contributed by atoms with Crippen LogP contribution in [0.2, 0.25) is 0 Å². The molecule has 0 spiro atoms. The molecule has 5 heteroatoms. The van der Waals surface area contributed by atoms with E-state index in [4.69, 9.17) is 10.8 Å². The van der Waals surface area contributed by atoms with Gasteiger partial charge in [-0.05, 0) is 35.4 Å². The molecular weight excluding hydrogens is 218 g/mol. The van der Waals surface area contributed by atoms with Gasteiger partial charge in [0.2, 0.25) is 0 Å². The molecule has 2 rings (SSSR count). The molecule has 86 valence electrons. The number of nitrogen functional groups attached to an aromatic ring is 1. The maximum Gasteiger partial charge on any atom is 0.409 e. The fraction of sp³-hybridized carbons (Fsp3) is 0. The third kappa shape index (κ3) is 2.52. The van der Waals surface area contributed by atoms with Crippen molar-refractivity contribution in [3.8, 4) is 11.1 Å². The molecule has 0 aliphatic rings. The molecule has 0 saturated heterocycles. The van der Waals surface area contributed by atoms with Gasteiger partial charge in [-0.15, -0.1) is 0 Å². The summed E-state index contributed by atoms with van der Waals surface area (Å²) in [6.07, 6.45) is 2.25. The summed E-state index contributed by atoms with van der Waals surface area (Å²) in [5.74, 6) is 0. The highest BCUT2D eigenvalue weighted by Crippen LogP contribution is 2.26. The van der Waals surface area contributed by atoms with Crippen molar-refractivity contribution in [3.05, 3.63) is 42.7 Å². The molecule has 1 aromatic carbocycles. The van der Waals surface area contributed by atoms with Crippen LogP contribution in [0, 0.1) is 0 Å². The molecule has 17 heavy (non-hydrogen) atoms. The van der Waals surface area contributed by atoms with E-state index in [1.807, 2.05) is 12.1 Å². The van der Waals surface area contributed by atoms with E-state index in [0.29, 0.717) is 11.4 Å². The topological polar surface area (TPSA) is 88.2 Å². The summed E-state index contributed by atoms with van der Waals surface area (Å²) in [5, 5.41) is 10.8. The van der Waals surface area contributed by atoms with Crippen LogP contribution >= 0.6 is 0 Å². The number of hydrogen-bond donors (Lipinski definition) is 3. The molecule has 0 aliphatic heterocycles. The Morgan fingerprint density at radius 1 is 1.18 bits per heavy atom. The van der Waals surface area contributed by atoms with Crippen molar-refractivity contribution in [2.75, 3.05) is 11.1 Å². The number of amides is 1. The Labute approximate surface area is 97.9 Å². The highest BCUT2D eigenvalue weighted by Gasteiger charge is 2.04. The van der Waals surface area contributed by atoms with Crippen molar-refractivity contribution in [3.63, 3.8) is 0 Å². The van der Waals surface area contributed by atoms with Gasteiger partial charge in [0.25, 0.3) is 0 Å². The van der Waals surface area contributed by atoms with E-state index in [2.05, 4.69) is 10.3 Å². The summed E-state index contributed by atoms with van der Waals surface area (Å²) in [4.78, 5) is 14.4. The SMILES string of the molecule is Nc1cc(-c2ccncc2)ccc1NC(=O)O. The predicted octanol–water partition coefficient (Wildman–Crippen LogP) is 2.42. The van der Waals surface area contributed by atoms with Crippen LogP contribution in [0.3, 0.4) is 0 Å². The van der Waals surface area contributed by atoms with Crippen molar-refractivity contribution in [1.29, 1.82) is 0 Å². The first-order chi connectivity index (χ1) is 8.16. The number of carboxylic acid groups (broad SMARTS) is 1. The fourth-order valence-corrected chi connectivity index (χ4v) is 1.52. The van der Waals surface area contributed by atoms with E-state index >= 15 is 0 Å². The molecule has 1 amide bonds. The van der Waals surface area contributed by atoms with Crippen molar-refractivity contribution >= 4 is 17.5 Å². The van der Waals surface area contributed by atoms with E-state index in [-0.39, 0.29) is 0 Å². The van der Waals surface area contributed by atoms with Crippen molar-refractivity contribution < 1.29 is 9.90 Å². The van der Waals surface area contributed by atoms with Crippen molar-refractivity contribution in [2.24, 2.45) is 0 Å². The van der Waals surface area contributed by atoms with Crippen LogP contribution in [-0.4, -0.2) is 16.2 Å². The summed E-state index contributed by atoms with van der Waals surface area (Å²) in [7, 11) is 0. The number of carbonyl (C=O) groups is 1. The molecule has 0 fully saturated rings. The molecule has 5 nitrogen and oxygen atoms in total. The van der Waals surface area contributed by atoms with Gasteiger partial charge >= 0.3 is 6.09 Å². The van der Waals surface area contributed by atoms with Crippen molar-refractivity contribution in [2.45, 2.75) is 0 Å². The van der Waals surface area contributed by atoms with Crippen LogP contribution in [0.5, 0.6) is 0 Å². The fourth-order valence-electron chi connectivity index (χ4n) is 1.52. The van der Waals surface area contributed by atoms with Gasteiger partial charge in [-0.3, -0.25) is 10.3 Å². The summed E-state index contributed by atoms with van der Waals surface area (Å²) in [6, 6.07) is 8.88. The Bertz CT molecular complexity index is 541. The van der Waals surface area contributed by atoms with E-state index in [1.165, 1.54) is 0 Å². The molecule has 0 aliphatic carbocycles.